The number of rotatable bonds is 4. The Morgan fingerprint density at radius 3 is 2.71 bits per heavy atom. The predicted octanol–water partition coefficient (Wildman–Crippen LogP) is 4.12. The zero-order chi connectivity index (χ0) is 23.3. The molecule has 8 heteroatoms. The summed E-state index contributed by atoms with van der Waals surface area (Å²) in [6.45, 7) is 2.90. The van der Waals surface area contributed by atoms with Gasteiger partial charge in [-0.05, 0) is 37.0 Å². The smallest absolute Gasteiger partial charge is 0.252 e. The van der Waals surface area contributed by atoms with Crippen LogP contribution in [-0.2, 0) is 4.79 Å². The van der Waals surface area contributed by atoms with E-state index >= 15 is 0 Å². The molecule has 0 radical (unpaired) electrons. The van der Waals surface area contributed by atoms with Gasteiger partial charge in [0.05, 0.1) is 6.20 Å². The average molecular weight is 452 g/mol. The van der Waals surface area contributed by atoms with Crippen molar-refractivity contribution in [1.82, 2.24) is 24.5 Å². The van der Waals surface area contributed by atoms with Crippen molar-refractivity contribution in [3.63, 3.8) is 0 Å². The number of nitrogens with zero attached hydrogens (tertiary/aromatic N) is 7. The topological polar surface area (TPSA) is 80.0 Å². The highest BCUT2D eigenvalue weighted by atomic mass is 16.2. The highest BCUT2D eigenvalue weighted by Gasteiger charge is 2.52. The van der Waals surface area contributed by atoms with Crippen LogP contribution in [0, 0.1) is 0 Å². The summed E-state index contributed by atoms with van der Waals surface area (Å²) >= 11 is 0. The molecule has 0 spiro atoms. The van der Waals surface area contributed by atoms with Crippen molar-refractivity contribution in [2.45, 2.75) is 31.7 Å². The van der Waals surface area contributed by atoms with E-state index in [4.69, 9.17) is 4.98 Å². The second-order valence-corrected chi connectivity index (χ2v) is 8.83. The summed E-state index contributed by atoms with van der Waals surface area (Å²) in [6.07, 6.45) is 11.6. The van der Waals surface area contributed by atoms with E-state index in [0.29, 0.717) is 5.95 Å². The molecular weight excluding hydrogens is 426 g/mol. The third-order valence-corrected chi connectivity index (χ3v) is 7.10. The van der Waals surface area contributed by atoms with Gasteiger partial charge in [-0.25, -0.2) is 9.97 Å². The standard InChI is InChI=1S/C26H25N7O/c1-3-26-10-6-13-33(26)23-21(31(2)24(26)34)17-29-25(30-23)32-14-12-28-22(32)19-8-4-7-18(15-19)20-9-5-11-27-16-20/h4-5,7-9,11-12,14-17H,3,6,10,13H2,1-2H3/t26-/m0/s1. The Labute approximate surface area is 197 Å². The first-order valence-electron chi connectivity index (χ1n) is 11.6. The van der Waals surface area contributed by atoms with Crippen LogP contribution in [0.2, 0.25) is 0 Å². The van der Waals surface area contributed by atoms with Crippen molar-refractivity contribution in [2.75, 3.05) is 23.4 Å². The summed E-state index contributed by atoms with van der Waals surface area (Å²) in [7, 11) is 1.82. The quantitative estimate of drug-likeness (QED) is 0.464. The summed E-state index contributed by atoms with van der Waals surface area (Å²) in [4.78, 5) is 35.6. The molecule has 0 unspecified atom stereocenters. The molecule has 170 valence electrons. The van der Waals surface area contributed by atoms with Crippen LogP contribution < -0.4 is 9.80 Å². The number of carbonyl (C=O) groups is 1. The molecule has 0 aliphatic carbocycles. The predicted molar refractivity (Wildman–Crippen MR) is 131 cm³/mol. The van der Waals surface area contributed by atoms with Crippen molar-refractivity contribution in [2.24, 2.45) is 0 Å². The maximum absolute atomic E-state index is 13.2. The molecule has 1 atom stereocenters. The lowest BCUT2D eigenvalue weighted by atomic mass is 9.89. The monoisotopic (exact) mass is 451 g/mol. The maximum Gasteiger partial charge on any atom is 0.252 e. The van der Waals surface area contributed by atoms with Gasteiger partial charge in [-0.2, -0.15) is 4.98 Å². The lowest BCUT2D eigenvalue weighted by molar-refractivity contribution is -0.123. The van der Waals surface area contributed by atoms with Gasteiger partial charge in [0.2, 0.25) is 5.95 Å². The normalized spacial score (nSPS) is 19.3. The maximum atomic E-state index is 13.2. The van der Waals surface area contributed by atoms with E-state index in [1.807, 2.05) is 48.3 Å². The Balaban J connectivity index is 1.44. The average Bonchev–Trinajstić information content (AvgIpc) is 3.56. The van der Waals surface area contributed by atoms with Gasteiger partial charge in [-0.15, -0.1) is 0 Å². The number of benzene rings is 1. The molecular formula is C26H25N7O. The number of hydrogen-bond donors (Lipinski definition) is 0. The zero-order valence-electron chi connectivity index (χ0n) is 19.2. The van der Waals surface area contributed by atoms with E-state index in [1.165, 1.54) is 0 Å². The number of pyridine rings is 1. The second-order valence-electron chi connectivity index (χ2n) is 8.83. The van der Waals surface area contributed by atoms with Gasteiger partial charge in [0.15, 0.2) is 5.82 Å². The lowest BCUT2D eigenvalue weighted by Crippen LogP contribution is -2.59. The van der Waals surface area contributed by atoms with Crippen molar-refractivity contribution in [3.8, 4) is 28.5 Å². The van der Waals surface area contributed by atoms with Gasteiger partial charge >= 0.3 is 0 Å². The molecule has 0 N–H and O–H groups in total. The number of carbonyl (C=O) groups excluding carboxylic acids is 1. The van der Waals surface area contributed by atoms with Gasteiger partial charge in [0, 0.05) is 49.5 Å². The molecule has 2 aliphatic heterocycles. The summed E-state index contributed by atoms with van der Waals surface area (Å²) < 4.78 is 1.91. The van der Waals surface area contributed by atoms with Crippen LogP contribution in [0.5, 0.6) is 0 Å². The molecule has 1 saturated heterocycles. The van der Waals surface area contributed by atoms with Gasteiger partial charge in [0.1, 0.15) is 17.1 Å². The van der Waals surface area contributed by atoms with E-state index in [2.05, 4.69) is 38.9 Å². The molecule has 0 bridgehead atoms. The number of imidazole rings is 1. The number of anilines is 2. The fourth-order valence-corrected chi connectivity index (χ4v) is 5.31. The van der Waals surface area contributed by atoms with Crippen LogP contribution in [-0.4, -0.2) is 49.5 Å². The van der Waals surface area contributed by atoms with E-state index in [-0.39, 0.29) is 5.91 Å². The van der Waals surface area contributed by atoms with Crippen molar-refractivity contribution in [1.29, 1.82) is 0 Å². The van der Waals surface area contributed by atoms with E-state index in [1.54, 1.807) is 23.5 Å². The molecule has 8 nitrogen and oxygen atoms in total. The number of hydrogen-bond acceptors (Lipinski definition) is 6. The Morgan fingerprint density at radius 2 is 1.88 bits per heavy atom. The van der Waals surface area contributed by atoms with Gasteiger partial charge < -0.3 is 9.80 Å². The fourth-order valence-electron chi connectivity index (χ4n) is 5.31. The van der Waals surface area contributed by atoms with Crippen LogP contribution in [0.3, 0.4) is 0 Å². The largest absolute Gasteiger partial charge is 0.340 e. The minimum atomic E-state index is -0.511. The SMILES string of the molecule is CC[C@@]12CCCN1c1nc(-n3ccnc3-c3cccc(-c4cccnc4)c3)ncc1N(C)C2=O. The van der Waals surface area contributed by atoms with Crippen LogP contribution in [0.15, 0.2) is 67.4 Å². The third-order valence-electron chi connectivity index (χ3n) is 7.10. The first kappa shape index (κ1) is 20.5. The molecule has 1 fully saturated rings. The molecule has 1 amide bonds. The molecule has 6 rings (SSSR count). The molecule has 0 saturated carbocycles. The Hall–Kier alpha value is -4.07. The molecule has 34 heavy (non-hydrogen) atoms. The fraction of sp³-hybridized carbons (Fsp3) is 0.269. The van der Waals surface area contributed by atoms with E-state index in [9.17, 15) is 4.79 Å². The molecule has 2 aliphatic rings. The van der Waals surface area contributed by atoms with Crippen LogP contribution >= 0.6 is 0 Å². The van der Waals surface area contributed by atoms with E-state index < -0.39 is 5.54 Å². The third kappa shape index (κ3) is 2.95. The van der Waals surface area contributed by atoms with Gasteiger partial charge in [0.25, 0.3) is 5.91 Å². The lowest BCUT2D eigenvalue weighted by Gasteiger charge is -2.45. The highest BCUT2D eigenvalue weighted by Crippen LogP contribution is 2.45. The number of amides is 1. The Morgan fingerprint density at radius 1 is 1.03 bits per heavy atom. The minimum Gasteiger partial charge on any atom is -0.340 e. The second kappa shape index (κ2) is 7.76. The summed E-state index contributed by atoms with van der Waals surface area (Å²) in [6, 6.07) is 12.2. The highest BCUT2D eigenvalue weighted by molar-refractivity contribution is 6.07. The number of fused-ring (bicyclic) bond motifs is 3. The molecule has 5 heterocycles. The first-order valence-corrected chi connectivity index (χ1v) is 11.6. The van der Waals surface area contributed by atoms with Gasteiger partial charge in [-0.3, -0.25) is 14.3 Å². The zero-order valence-corrected chi connectivity index (χ0v) is 19.2. The van der Waals surface area contributed by atoms with Crippen LogP contribution in [0.4, 0.5) is 11.5 Å². The van der Waals surface area contributed by atoms with Crippen LogP contribution in [0.25, 0.3) is 28.5 Å². The molecule has 1 aromatic carbocycles. The minimum absolute atomic E-state index is 0.131. The van der Waals surface area contributed by atoms with Crippen molar-refractivity contribution >= 4 is 17.4 Å². The van der Waals surface area contributed by atoms with Crippen molar-refractivity contribution in [3.05, 3.63) is 67.4 Å². The summed E-state index contributed by atoms with van der Waals surface area (Å²) in [5.41, 5.74) is 3.31. The molecule has 4 aromatic rings. The van der Waals surface area contributed by atoms with Crippen molar-refractivity contribution < 1.29 is 4.79 Å². The Bertz CT molecular complexity index is 1380. The molecule has 3 aromatic heterocycles. The van der Waals surface area contributed by atoms with Gasteiger partial charge in [-0.1, -0.05) is 31.2 Å². The summed E-state index contributed by atoms with van der Waals surface area (Å²) in [5, 5.41) is 0. The number of likely N-dealkylation sites (N-methyl/N-ethyl adjacent to an activating group) is 1. The first-order chi connectivity index (χ1) is 16.6. The summed E-state index contributed by atoms with van der Waals surface area (Å²) in [5.74, 6) is 2.24. The Kier molecular flexibility index (Phi) is 4.69. The van der Waals surface area contributed by atoms with Crippen LogP contribution in [0.1, 0.15) is 26.2 Å². The number of aromatic nitrogens is 5. The van der Waals surface area contributed by atoms with E-state index in [0.717, 1.165) is 59.8 Å².